The number of hydrogen-bond donors (Lipinski definition) is 4. The van der Waals surface area contributed by atoms with Crippen LogP contribution >= 0.6 is 0 Å². The molecule has 4 atom stereocenters. The molecule has 0 aliphatic carbocycles. The van der Waals surface area contributed by atoms with Crippen molar-refractivity contribution < 1.29 is 39.5 Å². The van der Waals surface area contributed by atoms with E-state index in [-0.39, 0.29) is 64.8 Å². The van der Waals surface area contributed by atoms with Crippen LogP contribution in [0, 0.1) is 18.8 Å². The molecule has 4 rings (SSSR count). The fourth-order valence-corrected chi connectivity index (χ4v) is 4.46. The number of benzene rings is 2. The van der Waals surface area contributed by atoms with Crippen LogP contribution in [0.5, 0.6) is 34.5 Å². The number of hydrogen-bond acceptors (Lipinski definition) is 8. The van der Waals surface area contributed by atoms with Crippen molar-refractivity contribution in [1.29, 1.82) is 0 Å². The molecule has 0 fully saturated rings. The van der Waals surface area contributed by atoms with E-state index in [9.17, 15) is 30.0 Å². The Morgan fingerprint density at radius 2 is 1.30 bits per heavy atom. The molecule has 2 aliphatic heterocycles. The van der Waals surface area contributed by atoms with Gasteiger partial charge in [0.25, 0.3) is 0 Å². The van der Waals surface area contributed by atoms with Crippen LogP contribution < -0.4 is 9.47 Å². The Kier molecular flexibility index (Phi) is 4.72. The summed E-state index contributed by atoms with van der Waals surface area (Å²) in [6.45, 7) is 3.41. The number of phenolic OH excluding ortho intramolecular Hbond substituents is 4. The van der Waals surface area contributed by atoms with Gasteiger partial charge in [-0.25, -0.2) is 0 Å². The molecule has 30 heavy (non-hydrogen) atoms. The van der Waals surface area contributed by atoms with Crippen LogP contribution in [0.15, 0.2) is 12.1 Å². The Morgan fingerprint density at radius 1 is 0.800 bits per heavy atom. The molecule has 158 valence electrons. The quantitative estimate of drug-likeness (QED) is 0.563. The number of carbonyl (C=O) groups is 2. The van der Waals surface area contributed by atoms with Gasteiger partial charge in [-0.1, -0.05) is 6.92 Å². The summed E-state index contributed by atoms with van der Waals surface area (Å²) in [7, 11) is 0. The zero-order valence-corrected chi connectivity index (χ0v) is 16.5. The molecule has 0 saturated heterocycles. The van der Waals surface area contributed by atoms with E-state index in [1.165, 1.54) is 0 Å². The molecule has 4 unspecified atom stereocenters. The molecule has 0 radical (unpaired) electrons. The lowest BCUT2D eigenvalue weighted by atomic mass is 9.75. The highest BCUT2D eigenvalue weighted by Gasteiger charge is 2.42. The number of carbonyl (C=O) groups excluding carboxylic acids is 2. The second kappa shape index (κ2) is 7.12. The maximum atomic E-state index is 11.9. The molecule has 2 aromatic carbocycles. The molecule has 0 saturated carbocycles. The Morgan fingerprint density at radius 3 is 1.93 bits per heavy atom. The molecule has 8 heteroatoms. The minimum Gasteiger partial charge on any atom is -0.507 e. The monoisotopic (exact) mass is 414 g/mol. The van der Waals surface area contributed by atoms with Crippen molar-refractivity contribution in [2.75, 3.05) is 13.2 Å². The summed E-state index contributed by atoms with van der Waals surface area (Å²) in [4.78, 5) is 23.3. The highest BCUT2D eigenvalue weighted by Crippen LogP contribution is 2.56. The highest BCUT2D eigenvalue weighted by atomic mass is 16.5. The summed E-state index contributed by atoms with van der Waals surface area (Å²) in [5.41, 5.74) is 1.21. The van der Waals surface area contributed by atoms with Crippen molar-refractivity contribution in [2.45, 2.75) is 25.7 Å². The van der Waals surface area contributed by atoms with Crippen LogP contribution in [-0.4, -0.2) is 46.2 Å². The topological polar surface area (TPSA) is 134 Å². The minimum atomic E-state index is -0.847. The first-order valence-corrected chi connectivity index (χ1v) is 9.60. The van der Waals surface area contributed by atoms with Crippen LogP contribution in [0.3, 0.4) is 0 Å². The second-order valence-electron chi connectivity index (χ2n) is 7.84. The van der Waals surface area contributed by atoms with E-state index in [4.69, 9.17) is 9.47 Å². The largest absolute Gasteiger partial charge is 0.507 e. The maximum Gasteiger partial charge on any atom is 0.134 e. The smallest absolute Gasteiger partial charge is 0.134 e. The Labute approximate surface area is 172 Å². The predicted octanol–water partition coefficient (Wildman–Crippen LogP) is 2.47. The highest BCUT2D eigenvalue weighted by molar-refractivity contribution is 5.72. The van der Waals surface area contributed by atoms with Crippen LogP contribution in [-0.2, 0) is 9.59 Å². The van der Waals surface area contributed by atoms with Crippen LogP contribution in [0.1, 0.15) is 41.0 Å². The number of ether oxygens (including phenoxy) is 2. The molecule has 2 aliphatic rings. The zero-order valence-electron chi connectivity index (χ0n) is 16.5. The van der Waals surface area contributed by atoms with Gasteiger partial charge in [0, 0.05) is 46.2 Å². The molecule has 2 aromatic rings. The van der Waals surface area contributed by atoms with Crippen molar-refractivity contribution in [3.8, 4) is 34.5 Å². The number of aldehydes is 2. The van der Waals surface area contributed by atoms with Crippen molar-refractivity contribution in [3.63, 3.8) is 0 Å². The molecule has 0 aromatic heterocycles. The Bertz CT molecular complexity index is 1040. The van der Waals surface area contributed by atoms with Crippen LogP contribution in [0.4, 0.5) is 0 Å². The van der Waals surface area contributed by atoms with Gasteiger partial charge in [0.2, 0.25) is 0 Å². The normalized spacial score (nSPS) is 24.7. The number of fused-ring (bicyclic) bond motifs is 2. The van der Waals surface area contributed by atoms with Gasteiger partial charge in [-0.3, -0.25) is 0 Å². The van der Waals surface area contributed by atoms with E-state index in [1.54, 1.807) is 13.8 Å². The third-order valence-electron chi connectivity index (χ3n) is 6.17. The Balaban J connectivity index is 2.02. The summed E-state index contributed by atoms with van der Waals surface area (Å²) < 4.78 is 11.5. The lowest BCUT2D eigenvalue weighted by Gasteiger charge is -2.36. The fourth-order valence-electron chi connectivity index (χ4n) is 4.46. The summed E-state index contributed by atoms with van der Waals surface area (Å²) in [6.07, 6.45) is 1.43. The molecular weight excluding hydrogens is 392 g/mol. The van der Waals surface area contributed by atoms with Gasteiger partial charge < -0.3 is 39.5 Å². The van der Waals surface area contributed by atoms with Crippen LogP contribution in [0.2, 0.25) is 0 Å². The summed E-state index contributed by atoms with van der Waals surface area (Å²) >= 11 is 0. The standard InChI is InChI=1S/C22H22O8/c1-9-11(5-23)7-30-22-17(9)14(26)4-16(28)20(22)18-12(6-24)8-29-21-10(2)13(25)3-15(27)19(18)21/h3-6,9,11-12,18,25-28H,7-8H2,1-2H3. The first kappa shape index (κ1) is 19.9. The first-order valence-electron chi connectivity index (χ1n) is 9.60. The van der Waals surface area contributed by atoms with Gasteiger partial charge in [-0.05, 0) is 6.92 Å². The van der Waals surface area contributed by atoms with Crippen molar-refractivity contribution in [2.24, 2.45) is 11.8 Å². The van der Waals surface area contributed by atoms with Gasteiger partial charge in [0.15, 0.2) is 0 Å². The Hall–Kier alpha value is -3.42. The minimum absolute atomic E-state index is 0.0352. The van der Waals surface area contributed by atoms with Gasteiger partial charge in [0.1, 0.15) is 47.1 Å². The van der Waals surface area contributed by atoms with Crippen molar-refractivity contribution in [1.82, 2.24) is 0 Å². The molecule has 2 heterocycles. The van der Waals surface area contributed by atoms with Crippen molar-refractivity contribution in [3.05, 3.63) is 34.4 Å². The molecule has 4 N–H and O–H groups in total. The van der Waals surface area contributed by atoms with Gasteiger partial charge in [0.05, 0.1) is 25.0 Å². The predicted molar refractivity (Wildman–Crippen MR) is 105 cm³/mol. The summed E-state index contributed by atoms with van der Waals surface area (Å²) in [5, 5.41) is 41.9. The second-order valence-corrected chi connectivity index (χ2v) is 7.84. The van der Waals surface area contributed by atoms with E-state index >= 15 is 0 Å². The molecule has 8 nitrogen and oxygen atoms in total. The molecule has 0 amide bonds. The lowest BCUT2D eigenvalue weighted by molar-refractivity contribution is -0.113. The van der Waals surface area contributed by atoms with E-state index in [2.05, 4.69) is 0 Å². The third kappa shape index (κ3) is 2.74. The summed E-state index contributed by atoms with van der Waals surface area (Å²) in [6, 6.07) is 2.32. The number of aromatic hydroxyl groups is 4. The first-order chi connectivity index (χ1) is 14.3. The number of rotatable bonds is 3. The van der Waals surface area contributed by atoms with Gasteiger partial charge in [-0.2, -0.15) is 0 Å². The third-order valence-corrected chi connectivity index (χ3v) is 6.17. The lowest BCUT2D eigenvalue weighted by Crippen LogP contribution is -2.31. The van der Waals surface area contributed by atoms with E-state index in [0.29, 0.717) is 17.4 Å². The summed E-state index contributed by atoms with van der Waals surface area (Å²) in [5.74, 6) is -3.03. The maximum absolute atomic E-state index is 11.9. The molecular formula is C22H22O8. The van der Waals surface area contributed by atoms with E-state index in [0.717, 1.165) is 18.4 Å². The van der Waals surface area contributed by atoms with E-state index in [1.807, 2.05) is 0 Å². The molecule has 0 spiro atoms. The SMILES string of the molecule is Cc1c(O)cc(O)c2c1OCC(C=O)C2c1c(O)cc(O)c2c1OCC(C=O)C2C. The van der Waals surface area contributed by atoms with Gasteiger partial charge >= 0.3 is 0 Å². The van der Waals surface area contributed by atoms with E-state index < -0.39 is 17.8 Å². The van der Waals surface area contributed by atoms with Crippen molar-refractivity contribution >= 4 is 12.6 Å². The molecule has 0 bridgehead atoms. The average Bonchev–Trinajstić information content (AvgIpc) is 2.71. The van der Waals surface area contributed by atoms with Gasteiger partial charge in [-0.15, -0.1) is 0 Å². The fraction of sp³-hybridized carbons (Fsp3) is 0.364. The average molecular weight is 414 g/mol. The number of phenols is 4. The van der Waals surface area contributed by atoms with Crippen LogP contribution in [0.25, 0.3) is 0 Å². The zero-order chi connectivity index (χ0) is 21.7.